The third-order valence-corrected chi connectivity index (χ3v) is 10.6. The first-order valence-corrected chi connectivity index (χ1v) is 6.86. The molecule has 1 aliphatic rings. The van der Waals surface area contributed by atoms with Gasteiger partial charge >= 0.3 is 0 Å². The Labute approximate surface area is 103 Å². The lowest BCUT2D eigenvalue weighted by molar-refractivity contribution is 0.875. The Bertz CT molecular complexity index is 141. The minimum atomic E-state index is -0.0764. The summed E-state index contributed by atoms with van der Waals surface area (Å²) in [7, 11) is 0. The molecule has 1 fully saturated rings. The van der Waals surface area contributed by atoms with Gasteiger partial charge in [0.15, 0.2) is 0 Å². The molecule has 1 rings (SSSR count). The molecule has 0 saturated heterocycles. The van der Waals surface area contributed by atoms with Crippen molar-refractivity contribution in [2.24, 2.45) is 0 Å². The van der Waals surface area contributed by atoms with E-state index in [1.54, 1.807) is 0 Å². The van der Waals surface area contributed by atoms with Gasteiger partial charge in [-0.1, -0.05) is 79.6 Å². The third kappa shape index (κ3) is 1.68. The summed E-state index contributed by atoms with van der Waals surface area (Å²) < 4.78 is -0.103. The van der Waals surface area contributed by atoms with E-state index in [-0.39, 0.29) is 6.47 Å². The van der Waals surface area contributed by atoms with E-state index in [1.807, 2.05) is 0 Å². The molecule has 60 valence electrons. The van der Waals surface area contributed by atoms with E-state index in [2.05, 4.69) is 79.6 Å². The van der Waals surface area contributed by atoms with Crippen LogP contribution in [0.1, 0.15) is 12.8 Å². The van der Waals surface area contributed by atoms with Gasteiger partial charge in [0.05, 0.1) is 0 Å². The van der Waals surface area contributed by atoms with Crippen LogP contribution < -0.4 is 0 Å². The molecule has 0 aromatic carbocycles. The fourth-order valence-corrected chi connectivity index (χ4v) is 3.98. The molecule has 1 atom stereocenters. The van der Waals surface area contributed by atoms with Crippen LogP contribution in [0.25, 0.3) is 0 Å². The lowest BCUT2D eigenvalue weighted by Gasteiger charge is -2.28. The summed E-state index contributed by atoms with van der Waals surface area (Å²) in [6, 6.07) is 0. The van der Waals surface area contributed by atoms with Crippen molar-refractivity contribution in [1.82, 2.24) is 0 Å². The lowest BCUT2D eigenvalue weighted by Crippen LogP contribution is -2.33. The van der Waals surface area contributed by atoms with E-state index in [1.165, 1.54) is 0 Å². The van der Waals surface area contributed by atoms with E-state index >= 15 is 0 Å². The molecule has 0 aromatic heterocycles. The second-order valence-electron chi connectivity index (χ2n) is 2.33. The highest BCUT2D eigenvalue weighted by molar-refractivity contribution is 9.31. The average molecular weight is 465 g/mol. The number of halogens is 5. The predicted molar refractivity (Wildman–Crippen MR) is 63.1 cm³/mol. The minimum Gasteiger partial charge on any atom is -0.0865 e. The molecular formula is C5H5Br5. The summed E-state index contributed by atoms with van der Waals surface area (Å²) in [4.78, 5) is 0.457. The topological polar surface area (TPSA) is 0 Å². The Morgan fingerprint density at radius 2 is 1.60 bits per heavy atom. The monoisotopic (exact) mass is 460 g/mol. The number of alkyl halides is 5. The van der Waals surface area contributed by atoms with Gasteiger partial charge in [0.25, 0.3) is 0 Å². The molecule has 1 saturated carbocycles. The molecule has 1 aliphatic carbocycles. The van der Waals surface area contributed by atoms with Crippen molar-refractivity contribution in [2.75, 3.05) is 0 Å². The maximum Gasteiger partial charge on any atom is 0.118 e. The summed E-state index contributed by atoms with van der Waals surface area (Å²) in [5, 5.41) is 0. The van der Waals surface area contributed by atoms with Crippen LogP contribution in [0.4, 0.5) is 0 Å². The quantitative estimate of drug-likeness (QED) is 0.463. The molecular weight excluding hydrogens is 460 g/mol. The molecule has 0 nitrogen and oxygen atoms in total. The van der Waals surface area contributed by atoms with Crippen molar-refractivity contribution in [2.45, 2.75) is 24.1 Å². The zero-order valence-corrected chi connectivity index (χ0v) is 12.8. The van der Waals surface area contributed by atoms with Crippen LogP contribution in [0.2, 0.25) is 0 Å². The Kier molecular flexibility index (Phi) is 3.43. The first-order chi connectivity index (χ1) is 4.38. The van der Waals surface area contributed by atoms with Gasteiger partial charge in [0.2, 0.25) is 0 Å². The van der Waals surface area contributed by atoms with E-state index in [4.69, 9.17) is 0 Å². The summed E-state index contributed by atoms with van der Waals surface area (Å²) >= 11 is 18.0. The first kappa shape index (κ1) is 10.5. The highest BCUT2D eigenvalue weighted by atomic mass is 79.9. The normalized spacial score (nSPS) is 36.3. The molecule has 5 heteroatoms. The van der Waals surface area contributed by atoms with Gasteiger partial charge in [-0.2, -0.15) is 0 Å². The summed E-state index contributed by atoms with van der Waals surface area (Å²) in [5.41, 5.74) is 0. The minimum absolute atomic E-state index is 0.0266. The molecule has 10 heavy (non-hydrogen) atoms. The third-order valence-electron chi connectivity index (χ3n) is 1.59. The largest absolute Gasteiger partial charge is 0.118 e. The van der Waals surface area contributed by atoms with Gasteiger partial charge in [-0.3, -0.25) is 0 Å². The van der Waals surface area contributed by atoms with E-state index in [9.17, 15) is 0 Å². The second kappa shape index (κ2) is 3.28. The van der Waals surface area contributed by atoms with Gasteiger partial charge in [-0.25, -0.2) is 0 Å². The standard InChI is InChI=1S/C5H5Br5/c6-3-1-2-4(7,8)5(3,9)10/h3H,1-2H2. The molecule has 0 heterocycles. The van der Waals surface area contributed by atoms with Crippen molar-refractivity contribution >= 4 is 79.6 Å². The zero-order valence-electron chi connectivity index (χ0n) is 4.88. The Morgan fingerprint density at radius 1 is 1.10 bits per heavy atom. The molecule has 0 bridgehead atoms. The van der Waals surface area contributed by atoms with Gasteiger partial charge < -0.3 is 0 Å². The van der Waals surface area contributed by atoms with Crippen LogP contribution in [0.3, 0.4) is 0 Å². The second-order valence-corrected chi connectivity index (χ2v) is 10.8. The summed E-state index contributed by atoms with van der Waals surface area (Å²) in [6.07, 6.45) is 2.24. The fraction of sp³-hybridized carbons (Fsp3) is 1.00. The van der Waals surface area contributed by atoms with E-state index < -0.39 is 0 Å². The first-order valence-electron chi connectivity index (χ1n) is 2.77. The van der Waals surface area contributed by atoms with Crippen LogP contribution in [0, 0.1) is 0 Å². The molecule has 0 aliphatic heterocycles. The van der Waals surface area contributed by atoms with Gasteiger partial charge in [0, 0.05) is 4.83 Å². The molecule has 1 unspecified atom stereocenters. The molecule has 0 spiro atoms. The number of hydrogen-bond donors (Lipinski definition) is 0. The molecule has 0 amide bonds. The van der Waals surface area contributed by atoms with E-state index in [0.29, 0.717) is 4.83 Å². The van der Waals surface area contributed by atoms with Crippen LogP contribution >= 0.6 is 79.6 Å². The number of hydrogen-bond acceptors (Lipinski definition) is 0. The Balaban J connectivity index is 2.84. The smallest absolute Gasteiger partial charge is 0.0865 e. The SMILES string of the molecule is BrC1CCC(Br)(Br)C1(Br)Br. The van der Waals surface area contributed by atoms with Gasteiger partial charge in [0.1, 0.15) is 6.47 Å². The average Bonchev–Trinajstić information content (AvgIpc) is 1.94. The number of rotatable bonds is 0. The van der Waals surface area contributed by atoms with Crippen molar-refractivity contribution in [1.29, 1.82) is 0 Å². The molecule has 0 aromatic rings. The predicted octanol–water partition coefficient (Wildman–Crippen LogP) is 4.52. The molecule has 0 radical (unpaired) electrons. The maximum atomic E-state index is 3.61. The van der Waals surface area contributed by atoms with Gasteiger partial charge in [-0.15, -0.1) is 0 Å². The summed E-state index contributed by atoms with van der Waals surface area (Å²) in [6.45, 7) is 0. The highest BCUT2D eigenvalue weighted by Gasteiger charge is 2.54. The van der Waals surface area contributed by atoms with Gasteiger partial charge in [-0.05, 0) is 12.8 Å². The van der Waals surface area contributed by atoms with Crippen molar-refractivity contribution in [3.8, 4) is 0 Å². The Morgan fingerprint density at radius 3 is 1.70 bits per heavy atom. The van der Waals surface area contributed by atoms with Crippen LogP contribution in [0.15, 0.2) is 0 Å². The lowest BCUT2D eigenvalue weighted by atomic mass is 10.4. The fourth-order valence-electron chi connectivity index (χ4n) is 0.885. The summed E-state index contributed by atoms with van der Waals surface area (Å²) in [5.74, 6) is 0. The van der Waals surface area contributed by atoms with Crippen molar-refractivity contribution < 1.29 is 0 Å². The zero-order chi connectivity index (χ0) is 7.99. The van der Waals surface area contributed by atoms with Crippen LogP contribution in [-0.4, -0.2) is 11.3 Å². The van der Waals surface area contributed by atoms with Crippen molar-refractivity contribution in [3.05, 3.63) is 0 Å². The highest BCUT2D eigenvalue weighted by Crippen LogP contribution is 2.60. The van der Waals surface area contributed by atoms with E-state index in [0.717, 1.165) is 12.8 Å². The maximum absolute atomic E-state index is 3.61. The Hall–Kier alpha value is 2.40. The van der Waals surface area contributed by atoms with Crippen LogP contribution in [0.5, 0.6) is 0 Å². The van der Waals surface area contributed by atoms with Crippen LogP contribution in [-0.2, 0) is 0 Å². The van der Waals surface area contributed by atoms with Crippen molar-refractivity contribution in [3.63, 3.8) is 0 Å². The molecule has 0 N–H and O–H groups in total.